The van der Waals surface area contributed by atoms with Crippen LogP contribution in [0.5, 0.6) is 0 Å². The molecule has 1 atom stereocenters. The highest BCUT2D eigenvalue weighted by molar-refractivity contribution is 6.49. The molecule has 0 spiro atoms. The van der Waals surface area contributed by atoms with E-state index in [-0.39, 0.29) is 12.1 Å². The van der Waals surface area contributed by atoms with E-state index in [1.165, 1.54) is 0 Å². The van der Waals surface area contributed by atoms with Crippen molar-refractivity contribution in [3.8, 4) is 0 Å². The Bertz CT molecular complexity index is 148. The number of carbonyl (C=O) groups is 1. The van der Waals surface area contributed by atoms with Crippen molar-refractivity contribution in [3.63, 3.8) is 0 Å². The van der Waals surface area contributed by atoms with Crippen molar-refractivity contribution < 1.29 is 9.53 Å². The maximum absolute atomic E-state index is 10.3. The molecule has 2 nitrogen and oxygen atoms in total. The van der Waals surface area contributed by atoms with Crippen LogP contribution in [0.15, 0.2) is 0 Å². The van der Waals surface area contributed by atoms with E-state index in [1.807, 2.05) is 6.92 Å². The number of rotatable bonds is 2. The minimum atomic E-state index is -0.881. The van der Waals surface area contributed by atoms with Crippen molar-refractivity contribution in [2.24, 2.45) is 0 Å². The van der Waals surface area contributed by atoms with Crippen LogP contribution in [0.4, 0.5) is 0 Å². The molecule has 0 aromatic rings. The summed E-state index contributed by atoms with van der Waals surface area (Å²) in [4.78, 5) is 10.3. The highest BCUT2D eigenvalue weighted by atomic mass is 35.5. The number of cyclic esters (lactones) is 1. The lowest BCUT2D eigenvalue weighted by atomic mass is 10.1. The molecule has 58 valence electrons. The summed E-state index contributed by atoms with van der Waals surface area (Å²) in [5.41, 5.74) is 0. The minimum absolute atomic E-state index is 0.218. The average molecular weight is 183 g/mol. The quantitative estimate of drug-likeness (QED) is 0.482. The maximum Gasteiger partial charge on any atom is 0.310 e. The van der Waals surface area contributed by atoms with Crippen LogP contribution in [0.1, 0.15) is 19.8 Å². The highest BCUT2D eigenvalue weighted by Gasteiger charge is 2.44. The number of carbonyl (C=O) groups excluding carboxylic acids is 1. The Labute approximate surface area is 69.4 Å². The highest BCUT2D eigenvalue weighted by Crippen LogP contribution is 2.37. The summed E-state index contributed by atoms with van der Waals surface area (Å²) >= 11 is 11.6. The van der Waals surface area contributed by atoms with Crippen LogP contribution in [0.2, 0.25) is 0 Å². The van der Waals surface area contributed by atoms with Crippen LogP contribution in [-0.4, -0.2) is 16.4 Å². The van der Waals surface area contributed by atoms with E-state index in [4.69, 9.17) is 27.9 Å². The Morgan fingerprint density at radius 1 is 1.80 bits per heavy atom. The first kappa shape index (κ1) is 8.15. The second-order valence-corrected chi connectivity index (χ2v) is 3.84. The molecule has 0 aromatic carbocycles. The molecule has 1 saturated heterocycles. The lowest BCUT2D eigenvalue weighted by molar-refractivity contribution is -0.170. The Hall–Kier alpha value is 0.0500. The summed E-state index contributed by atoms with van der Waals surface area (Å²) in [6.07, 6.45) is 0.642. The second kappa shape index (κ2) is 2.59. The third-order valence-corrected chi connectivity index (χ3v) is 2.59. The molecule has 0 radical (unpaired) electrons. The summed E-state index contributed by atoms with van der Waals surface area (Å²) in [5, 5.41) is 0. The largest absolute Gasteiger partial charge is 0.458 e. The van der Waals surface area contributed by atoms with Gasteiger partial charge in [0.05, 0.1) is 6.42 Å². The van der Waals surface area contributed by atoms with Gasteiger partial charge < -0.3 is 4.74 Å². The fourth-order valence-electron chi connectivity index (χ4n) is 0.764. The van der Waals surface area contributed by atoms with E-state index < -0.39 is 4.33 Å². The molecule has 0 aliphatic carbocycles. The predicted molar refractivity (Wildman–Crippen MR) is 39.2 cm³/mol. The van der Waals surface area contributed by atoms with Crippen LogP contribution in [-0.2, 0) is 9.53 Å². The number of hydrogen-bond donors (Lipinski definition) is 0. The van der Waals surface area contributed by atoms with Gasteiger partial charge in [-0.15, -0.1) is 0 Å². The van der Waals surface area contributed by atoms with Gasteiger partial charge in [0.15, 0.2) is 4.33 Å². The molecule has 0 amide bonds. The van der Waals surface area contributed by atoms with Crippen LogP contribution < -0.4 is 0 Å². The van der Waals surface area contributed by atoms with Crippen LogP contribution >= 0.6 is 23.2 Å². The standard InChI is InChI=1S/C6H8Cl2O2/c1-2-6(7,8)4-3-5(9)10-4/h4H,2-3H2,1H3. The Morgan fingerprint density at radius 2 is 2.30 bits per heavy atom. The lowest BCUT2D eigenvalue weighted by Gasteiger charge is -2.34. The second-order valence-electron chi connectivity index (χ2n) is 2.30. The van der Waals surface area contributed by atoms with Crippen molar-refractivity contribution in [3.05, 3.63) is 0 Å². The van der Waals surface area contributed by atoms with Gasteiger partial charge in [-0.2, -0.15) is 0 Å². The number of ether oxygens (including phenoxy) is 1. The molecule has 1 unspecified atom stereocenters. The smallest absolute Gasteiger partial charge is 0.310 e. The molecule has 0 aromatic heterocycles. The van der Waals surface area contributed by atoms with Gasteiger partial charge in [-0.1, -0.05) is 30.1 Å². The monoisotopic (exact) mass is 182 g/mol. The zero-order chi connectivity index (χ0) is 7.78. The third-order valence-electron chi connectivity index (χ3n) is 1.57. The Kier molecular flexibility index (Phi) is 2.11. The zero-order valence-corrected chi connectivity index (χ0v) is 7.08. The predicted octanol–water partition coefficient (Wildman–Crippen LogP) is 1.89. The molecule has 1 fully saturated rings. The molecule has 10 heavy (non-hydrogen) atoms. The number of hydrogen-bond acceptors (Lipinski definition) is 2. The molecule has 0 saturated carbocycles. The molecule has 0 bridgehead atoms. The first-order valence-electron chi connectivity index (χ1n) is 3.13. The molecule has 4 heteroatoms. The third kappa shape index (κ3) is 1.38. The minimum Gasteiger partial charge on any atom is -0.458 e. The van der Waals surface area contributed by atoms with Gasteiger partial charge in [0.1, 0.15) is 6.10 Å². The first-order valence-corrected chi connectivity index (χ1v) is 3.89. The van der Waals surface area contributed by atoms with Gasteiger partial charge in [0.2, 0.25) is 0 Å². The van der Waals surface area contributed by atoms with Crippen LogP contribution in [0.3, 0.4) is 0 Å². The molecular weight excluding hydrogens is 175 g/mol. The van der Waals surface area contributed by atoms with Crippen molar-refractivity contribution >= 4 is 29.2 Å². The Morgan fingerprint density at radius 3 is 2.60 bits per heavy atom. The van der Waals surface area contributed by atoms with Crippen molar-refractivity contribution in [1.29, 1.82) is 0 Å². The SMILES string of the molecule is CCC(Cl)(Cl)C1CC(=O)O1. The van der Waals surface area contributed by atoms with E-state index >= 15 is 0 Å². The molecule has 1 aliphatic rings. The van der Waals surface area contributed by atoms with Gasteiger partial charge in [-0.3, -0.25) is 4.79 Å². The van der Waals surface area contributed by atoms with Gasteiger partial charge in [0, 0.05) is 0 Å². The van der Waals surface area contributed by atoms with E-state index in [9.17, 15) is 4.79 Å². The molecular formula is C6H8Cl2O2. The van der Waals surface area contributed by atoms with Crippen LogP contribution in [0, 0.1) is 0 Å². The van der Waals surface area contributed by atoms with Crippen LogP contribution in [0.25, 0.3) is 0 Å². The summed E-state index contributed by atoms with van der Waals surface area (Å²) in [5.74, 6) is -0.218. The number of esters is 1. The molecule has 1 aliphatic heterocycles. The average Bonchev–Trinajstić information content (AvgIpc) is 1.81. The number of halogens is 2. The summed E-state index contributed by atoms with van der Waals surface area (Å²) in [7, 11) is 0. The molecule has 1 rings (SSSR count). The maximum atomic E-state index is 10.3. The Balaban J connectivity index is 2.43. The number of alkyl halides is 2. The normalized spacial score (nSPS) is 25.5. The van der Waals surface area contributed by atoms with Crippen molar-refractivity contribution in [2.45, 2.75) is 30.2 Å². The van der Waals surface area contributed by atoms with E-state index in [2.05, 4.69) is 0 Å². The van der Waals surface area contributed by atoms with Crippen molar-refractivity contribution in [2.75, 3.05) is 0 Å². The van der Waals surface area contributed by atoms with Crippen molar-refractivity contribution in [1.82, 2.24) is 0 Å². The zero-order valence-electron chi connectivity index (χ0n) is 5.56. The summed E-state index contributed by atoms with van der Waals surface area (Å²) < 4.78 is 3.81. The summed E-state index contributed by atoms with van der Waals surface area (Å²) in [6.45, 7) is 1.85. The van der Waals surface area contributed by atoms with Gasteiger partial charge >= 0.3 is 5.97 Å². The lowest BCUT2D eigenvalue weighted by Crippen LogP contribution is -2.45. The fourth-order valence-corrected chi connectivity index (χ4v) is 1.01. The van der Waals surface area contributed by atoms with E-state index in [1.54, 1.807) is 0 Å². The topological polar surface area (TPSA) is 26.3 Å². The van der Waals surface area contributed by atoms with Gasteiger partial charge in [-0.05, 0) is 6.42 Å². The van der Waals surface area contributed by atoms with Gasteiger partial charge in [0.25, 0.3) is 0 Å². The van der Waals surface area contributed by atoms with E-state index in [0.717, 1.165) is 0 Å². The molecule has 1 heterocycles. The van der Waals surface area contributed by atoms with Gasteiger partial charge in [-0.25, -0.2) is 0 Å². The fraction of sp³-hybridized carbons (Fsp3) is 0.833. The van der Waals surface area contributed by atoms with E-state index in [0.29, 0.717) is 12.8 Å². The first-order chi connectivity index (χ1) is 4.56. The molecule has 0 N–H and O–H groups in total. The summed E-state index contributed by atoms with van der Waals surface area (Å²) in [6, 6.07) is 0.